The van der Waals surface area contributed by atoms with Gasteiger partial charge in [-0.3, -0.25) is 49.8 Å². The van der Waals surface area contributed by atoms with E-state index in [4.69, 9.17) is 66.9 Å². The van der Waals surface area contributed by atoms with E-state index in [9.17, 15) is 29.8 Å². The number of hydrogen-bond acceptors (Lipinski definition) is 27. The Morgan fingerprint density at radius 2 is 0.796 bits per heavy atom. The number of rotatable bonds is 23. The molecule has 0 bridgehead atoms. The van der Waals surface area contributed by atoms with Gasteiger partial charge in [-0.2, -0.15) is 10.2 Å². The zero-order chi connectivity index (χ0) is 76.7. The number of carbonyl (C=O) groups is 2. The minimum absolute atomic E-state index is 0. The Bertz CT molecular complexity index is 4390. The first-order valence-corrected chi connectivity index (χ1v) is 34.6. The molecule has 0 saturated heterocycles. The van der Waals surface area contributed by atoms with Gasteiger partial charge >= 0.3 is 0 Å². The number of ether oxygens (including phenoxy) is 7. The predicted octanol–water partition coefficient (Wildman–Crippen LogP) is 12.7. The van der Waals surface area contributed by atoms with Crippen LogP contribution in [0.4, 0.5) is 45.5 Å². The third kappa shape index (κ3) is 28.0. The second kappa shape index (κ2) is 45.8. The SMILES string of the molecule is CCCOc1ccc(N)c([N+](=O)[O-])c1.CCCOc1ccc2c(c1)CC(=O)N2.CCCOc1ccc2c(c1)CN=N2.CCCOc1ccc2nccnc2c1.Cl.NCCOc1ccc2c(c1)CC(=O)N2.NCCOc1ccc2c(c1)CNN2.NCCOc1ccc2nccnc2c1.Nc1ccc(O)cc1[N+](=O)[O-]. The number of halogens is 1. The molecule has 31 nitrogen and oxygen atoms in total. The van der Waals surface area contributed by atoms with Crippen LogP contribution in [0.1, 0.15) is 75.6 Å². The van der Waals surface area contributed by atoms with Gasteiger partial charge in [0.15, 0.2) is 0 Å². The van der Waals surface area contributed by atoms with Crippen molar-refractivity contribution in [3.63, 3.8) is 0 Å². The van der Waals surface area contributed by atoms with Crippen LogP contribution < -0.4 is 83.3 Å². The van der Waals surface area contributed by atoms with Gasteiger partial charge in [0, 0.05) is 80.0 Å². The van der Waals surface area contributed by atoms with Crippen molar-refractivity contribution in [2.45, 2.75) is 79.3 Å². The molecule has 0 unspecified atom stereocenters. The van der Waals surface area contributed by atoms with Gasteiger partial charge in [-0.15, -0.1) is 12.4 Å². The van der Waals surface area contributed by atoms with Crippen LogP contribution in [0.3, 0.4) is 0 Å². The number of amides is 2. The number of carbonyl (C=O) groups excluding carboxylic acids is 2. The fourth-order valence-electron chi connectivity index (χ4n) is 9.75. The molecule has 14 rings (SSSR count). The summed E-state index contributed by atoms with van der Waals surface area (Å²) in [6, 6.07) is 42.6. The number of phenols is 1. The Balaban J connectivity index is 0.000000193. The van der Waals surface area contributed by atoms with Gasteiger partial charge in [-0.05, 0) is 164 Å². The minimum Gasteiger partial charge on any atom is -0.508 e. The number of nitrogens with zero attached hydrogens (tertiary/aromatic N) is 8. The van der Waals surface area contributed by atoms with Crippen LogP contribution in [0.25, 0.3) is 22.1 Å². The quantitative estimate of drug-likeness (QED) is 0.0123. The Kier molecular flexibility index (Phi) is 35.9. The maximum absolute atomic E-state index is 11.1. The number of aromatic nitrogens is 4. The van der Waals surface area contributed by atoms with Crippen LogP contribution >= 0.6 is 12.4 Å². The maximum atomic E-state index is 11.1. The molecule has 32 heteroatoms. The molecule has 0 aliphatic carbocycles. The highest BCUT2D eigenvalue weighted by Crippen LogP contribution is 2.33. The van der Waals surface area contributed by atoms with Crippen molar-refractivity contribution in [3.05, 3.63) is 213 Å². The molecule has 0 fully saturated rings. The molecule has 4 aliphatic rings. The van der Waals surface area contributed by atoms with Crippen LogP contribution in [-0.2, 0) is 35.5 Å². The van der Waals surface area contributed by atoms with E-state index in [0.717, 1.165) is 154 Å². The molecule has 0 spiro atoms. The van der Waals surface area contributed by atoms with Crippen molar-refractivity contribution in [3.8, 4) is 46.0 Å². The lowest BCUT2D eigenvalue weighted by Gasteiger charge is -2.05. The third-order valence-corrected chi connectivity index (χ3v) is 14.8. The summed E-state index contributed by atoms with van der Waals surface area (Å²) >= 11 is 0. The Labute approximate surface area is 631 Å². The summed E-state index contributed by atoms with van der Waals surface area (Å²) in [6.07, 6.45) is 11.5. The second-order valence-corrected chi connectivity index (χ2v) is 23.3. The highest BCUT2D eigenvalue weighted by atomic mass is 35.5. The van der Waals surface area contributed by atoms with E-state index < -0.39 is 9.85 Å². The largest absolute Gasteiger partial charge is 0.508 e. The number of nitrogens with one attached hydrogen (secondary N) is 4. The van der Waals surface area contributed by atoms with Gasteiger partial charge in [-0.1, -0.05) is 27.7 Å². The van der Waals surface area contributed by atoms with Gasteiger partial charge in [-0.25, -0.2) is 5.43 Å². The molecular formula is C76H92ClN17O14. The van der Waals surface area contributed by atoms with Gasteiger partial charge in [0.2, 0.25) is 11.8 Å². The van der Waals surface area contributed by atoms with E-state index in [1.54, 1.807) is 30.9 Å². The zero-order valence-corrected chi connectivity index (χ0v) is 61.3. The fourth-order valence-corrected chi connectivity index (χ4v) is 9.75. The van der Waals surface area contributed by atoms with Crippen molar-refractivity contribution < 1.29 is 57.7 Å². The first-order chi connectivity index (χ1) is 51.9. The standard InChI is InChI=1S/C11H12N2O.C11H13NO2.C10H11N3O.C10H12N2O2.C10H12N2O.C9H13N3O.C9H12N2O3.C6H6N2O3.ClH/c1-2-7-14-9-3-4-10-11(8-9)13-6-5-12-10;1-2-5-14-9-3-4-10-8(6-9)7-11(13)12-10;11-3-6-14-8-1-2-9-10(7-8)13-5-4-12-9;11-3-4-14-8-1-2-9-7(5-8)6-10(13)12-9;1-2-5-13-9-3-4-10-8(6-9)7-11-12-10;10-3-4-13-8-1-2-9-7(5-8)6-11-12-9;1-2-5-14-7-3-4-8(10)9(6-7)11(12)13;7-5-2-1-4(9)3-6(5)8(10)11;/h3-6,8H,2,7H2,1H3;3-4,6H,2,5,7H2,1H3,(H,12,13);1-2,4-5,7H,3,6,11H2;1-2,5H,3-4,6,11H2,(H,12,13);3-4,6H,2,5,7H2,1H3;1-2,5,11-12H,3-4,6,10H2;3-4,6H,2,5,10H2,1H3;1-3,9H,7H2;1H. The first kappa shape index (κ1) is 84.6. The van der Waals surface area contributed by atoms with Crippen LogP contribution in [0, 0.1) is 20.2 Å². The normalized spacial score (nSPS) is 11.7. The number of nitrogens with two attached hydrogens (primary N) is 5. The number of aromatic hydroxyl groups is 1. The molecule has 15 N–H and O–H groups in total. The van der Waals surface area contributed by atoms with Gasteiger partial charge in [0.05, 0.1) is 101 Å². The van der Waals surface area contributed by atoms with Crippen LogP contribution in [0.2, 0.25) is 0 Å². The number of hydrazine groups is 1. The highest BCUT2D eigenvalue weighted by molar-refractivity contribution is 6.00. The number of anilines is 5. The van der Waals surface area contributed by atoms with E-state index in [1.807, 2.05) is 116 Å². The number of fused-ring (bicyclic) bond motifs is 6. The number of phenolic OH excluding ortho intramolecular Hbond substituents is 1. The number of nitro groups is 2. The smallest absolute Gasteiger partial charge is 0.295 e. The average molecular weight is 1500 g/mol. The molecule has 572 valence electrons. The van der Waals surface area contributed by atoms with Gasteiger partial charge in [0.1, 0.15) is 77.2 Å². The van der Waals surface area contributed by atoms with E-state index in [2.05, 4.69) is 72.4 Å². The summed E-state index contributed by atoms with van der Waals surface area (Å²) in [5.74, 6) is 5.49. The summed E-state index contributed by atoms with van der Waals surface area (Å²) in [7, 11) is 0. The lowest BCUT2D eigenvalue weighted by Crippen LogP contribution is -2.10. The van der Waals surface area contributed by atoms with Crippen LogP contribution in [-0.4, -0.2) is 113 Å². The average Bonchev–Trinajstić information content (AvgIpc) is 1.52. The second-order valence-electron chi connectivity index (χ2n) is 23.3. The molecule has 2 amide bonds. The predicted molar refractivity (Wildman–Crippen MR) is 419 cm³/mol. The molecule has 2 aromatic heterocycles. The van der Waals surface area contributed by atoms with Crippen LogP contribution in [0.15, 0.2) is 181 Å². The summed E-state index contributed by atoms with van der Waals surface area (Å²) in [4.78, 5) is 58.4. The molecule has 108 heavy (non-hydrogen) atoms. The third-order valence-electron chi connectivity index (χ3n) is 14.8. The van der Waals surface area contributed by atoms with Crippen molar-refractivity contribution in [1.29, 1.82) is 0 Å². The van der Waals surface area contributed by atoms with E-state index in [1.165, 1.54) is 29.8 Å². The molecule has 0 saturated carbocycles. The fraction of sp³-hybridized carbons (Fsp3) is 0.289. The number of azo groups is 1. The highest BCUT2D eigenvalue weighted by Gasteiger charge is 2.20. The van der Waals surface area contributed by atoms with Crippen molar-refractivity contribution >= 4 is 91.8 Å². The lowest BCUT2D eigenvalue weighted by atomic mass is 10.1. The zero-order valence-electron chi connectivity index (χ0n) is 60.5. The molecular weight excluding hydrogens is 1410 g/mol. The van der Waals surface area contributed by atoms with Crippen molar-refractivity contribution in [2.75, 3.05) is 93.4 Å². The molecule has 8 aromatic carbocycles. The topological polar surface area (TPSA) is 460 Å². The number of nitrogen functional groups attached to an aromatic ring is 2. The summed E-state index contributed by atoms with van der Waals surface area (Å²) in [6.45, 7) is 15.7. The summed E-state index contributed by atoms with van der Waals surface area (Å²) < 4.78 is 37.8. The Hall–Kier alpha value is -12.3. The van der Waals surface area contributed by atoms with Gasteiger partial charge < -0.3 is 83.0 Å². The number of nitro benzene ring substituents is 2. The maximum Gasteiger partial charge on any atom is 0.295 e. The van der Waals surface area contributed by atoms with Crippen molar-refractivity contribution in [2.24, 2.45) is 27.4 Å². The summed E-state index contributed by atoms with van der Waals surface area (Å²) in [5.41, 5.74) is 44.4. The number of hydrogen-bond donors (Lipinski definition) is 10. The number of benzene rings is 8. The minimum atomic E-state index is -0.644. The van der Waals surface area contributed by atoms with Crippen molar-refractivity contribution in [1.82, 2.24) is 25.4 Å². The Morgan fingerprint density at radius 3 is 1.23 bits per heavy atom. The van der Waals surface area contributed by atoms with E-state index in [-0.39, 0.29) is 52.7 Å². The Morgan fingerprint density at radius 1 is 0.435 bits per heavy atom. The lowest BCUT2D eigenvalue weighted by molar-refractivity contribution is -0.384. The van der Waals surface area contributed by atoms with E-state index in [0.29, 0.717) is 71.2 Å². The van der Waals surface area contributed by atoms with E-state index >= 15 is 0 Å². The van der Waals surface area contributed by atoms with Gasteiger partial charge in [0.25, 0.3) is 11.4 Å². The molecule has 0 radical (unpaired) electrons. The molecule has 6 heterocycles. The monoisotopic (exact) mass is 1500 g/mol. The van der Waals surface area contributed by atoms with Crippen LogP contribution in [0.5, 0.6) is 46.0 Å². The summed E-state index contributed by atoms with van der Waals surface area (Å²) in [5, 5.41) is 43.0. The molecule has 10 aromatic rings. The first-order valence-electron chi connectivity index (χ1n) is 34.6. The molecule has 0 atom stereocenters. The molecule has 4 aliphatic heterocycles.